The Bertz CT molecular complexity index is 1010. The van der Waals surface area contributed by atoms with Crippen molar-refractivity contribution in [1.29, 1.82) is 0 Å². The summed E-state index contributed by atoms with van der Waals surface area (Å²) in [5, 5.41) is 13.6. The maximum Gasteiger partial charge on any atom is 0.186 e. The van der Waals surface area contributed by atoms with Crippen molar-refractivity contribution in [3.05, 3.63) is 53.6 Å². The van der Waals surface area contributed by atoms with Gasteiger partial charge in [-0.2, -0.15) is 4.52 Å². The molecule has 0 unspecified atom stereocenters. The molecule has 23 heavy (non-hydrogen) atoms. The van der Waals surface area contributed by atoms with Crippen molar-refractivity contribution in [3.63, 3.8) is 0 Å². The highest BCUT2D eigenvalue weighted by atomic mass is 35.5. The van der Waals surface area contributed by atoms with E-state index < -0.39 is 0 Å². The molecule has 4 aromatic rings. The van der Waals surface area contributed by atoms with E-state index in [1.54, 1.807) is 4.52 Å². The summed E-state index contributed by atoms with van der Waals surface area (Å²) in [6.07, 6.45) is 0. The molecule has 0 amide bonds. The van der Waals surface area contributed by atoms with E-state index in [9.17, 15) is 0 Å². The smallest absolute Gasteiger partial charge is 0.186 e. The number of nitrogens with zero attached hydrogens (tertiary/aromatic N) is 4. The molecule has 6 heteroatoms. The standard InChI is InChI=1S/C17H14ClN5/c1-2-19-16-13-8-3-4-9-14(13)23-17(20-16)15(21-22-23)11-6-5-7-12(18)10-11/h3-10H,2H2,1H3,(H,19,20). The third kappa shape index (κ3) is 2.29. The SMILES string of the molecule is CCNc1nc2c(-c3cccc(Cl)c3)nnn2c2ccccc12. The Morgan fingerprint density at radius 1 is 1.13 bits per heavy atom. The van der Waals surface area contributed by atoms with Crippen LogP contribution in [0.15, 0.2) is 48.5 Å². The minimum absolute atomic E-state index is 0.663. The number of aromatic nitrogens is 4. The second kappa shape index (κ2) is 5.52. The molecule has 0 bridgehead atoms. The van der Waals surface area contributed by atoms with E-state index >= 15 is 0 Å². The van der Waals surface area contributed by atoms with Gasteiger partial charge in [0.25, 0.3) is 0 Å². The molecule has 0 radical (unpaired) electrons. The number of benzene rings is 2. The van der Waals surface area contributed by atoms with Gasteiger partial charge in [0.1, 0.15) is 11.5 Å². The van der Waals surface area contributed by atoms with Crippen LogP contribution in [-0.4, -0.2) is 26.4 Å². The van der Waals surface area contributed by atoms with Gasteiger partial charge in [-0.1, -0.05) is 41.1 Å². The third-order valence-corrected chi connectivity index (χ3v) is 3.93. The van der Waals surface area contributed by atoms with Crippen molar-refractivity contribution in [1.82, 2.24) is 19.8 Å². The third-order valence-electron chi connectivity index (χ3n) is 3.69. The van der Waals surface area contributed by atoms with E-state index in [1.807, 2.05) is 55.5 Å². The highest BCUT2D eigenvalue weighted by molar-refractivity contribution is 6.30. The largest absolute Gasteiger partial charge is 0.370 e. The maximum absolute atomic E-state index is 6.10. The number of halogens is 1. The Morgan fingerprint density at radius 2 is 2.00 bits per heavy atom. The fourth-order valence-electron chi connectivity index (χ4n) is 2.69. The lowest BCUT2D eigenvalue weighted by Gasteiger charge is -2.08. The first-order chi connectivity index (χ1) is 11.3. The molecule has 0 atom stereocenters. The summed E-state index contributed by atoms with van der Waals surface area (Å²) in [4.78, 5) is 4.74. The van der Waals surface area contributed by atoms with Gasteiger partial charge in [0.15, 0.2) is 5.65 Å². The molecule has 0 aliphatic carbocycles. The lowest BCUT2D eigenvalue weighted by atomic mass is 10.1. The molecule has 0 fully saturated rings. The summed E-state index contributed by atoms with van der Waals surface area (Å²) < 4.78 is 1.77. The van der Waals surface area contributed by atoms with Crippen molar-refractivity contribution in [2.24, 2.45) is 0 Å². The Labute approximate surface area is 137 Å². The van der Waals surface area contributed by atoms with E-state index in [0.29, 0.717) is 10.7 Å². The van der Waals surface area contributed by atoms with Crippen LogP contribution in [-0.2, 0) is 0 Å². The topological polar surface area (TPSA) is 55.1 Å². The van der Waals surface area contributed by atoms with Crippen LogP contribution in [0.2, 0.25) is 5.02 Å². The maximum atomic E-state index is 6.10. The van der Waals surface area contributed by atoms with Gasteiger partial charge in [0, 0.05) is 22.5 Å². The fourth-order valence-corrected chi connectivity index (χ4v) is 2.88. The molecule has 0 aliphatic rings. The summed E-state index contributed by atoms with van der Waals surface area (Å²) in [6.45, 7) is 2.84. The van der Waals surface area contributed by atoms with E-state index in [4.69, 9.17) is 16.6 Å². The van der Waals surface area contributed by atoms with E-state index in [0.717, 1.165) is 34.5 Å². The summed E-state index contributed by atoms with van der Waals surface area (Å²) in [5.41, 5.74) is 3.30. The second-order valence-corrected chi connectivity index (χ2v) is 5.63. The molecule has 2 aromatic carbocycles. The van der Waals surface area contributed by atoms with Crippen LogP contribution in [0.1, 0.15) is 6.92 Å². The van der Waals surface area contributed by atoms with Gasteiger partial charge in [-0.25, -0.2) is 4.98 Å². The first kappa shape index (κ1) is 14.0. The molecular weight excluding hydrogens is 310 g/mol. The molecule has 5 nitrogen and oxygen atoms in total. The van der Waals surface area contributed by atoms with Gasteiger partial charge in [0.05, 0.1) is 5.52 Å². The van der Waals surface area contributed by atoms with Crippen molar-refractivity contribution in [3.8, 4) is 11.3 Å². The average molecular weight is 324 g/mol. The van der Waals surface area contributed by atoms with Crippen LogP contribution >= 0.6 is 11.6 Å². The van der Waals surface area contributed by atoms with Gasteiger partial charge >= 0.3 is 0 Å². The summed E-state index contributed by atoms with van der Waals surface area (Å²) in [5.74, 6) is 0.834. The molecule has 2 aromatic heterocycles. The normalized spacial score (nSPS) is 11.2. The Morgan fingerprint density at radius 3 is 2.83 bits per heavy atom. The minimum Gasteiger partial charge on any atom is -0.370 e. The molecule has 0 saturated heterocycles. The van der Waals surface area contributed by atoms with E-state index in [2.05, 4.69) is 15.6 Å². The van der Waals surface area contributed by atoms with Gasteiger partial charge in [-0.15, -0.1) is 5.10 Å². The number of hydrogen-bond acceptors (Lipinski definition) is 4. The molecule has 0 spiro atoms. The number of hydrogen-bond donors (Lipinski definition) is 1. The lowest BCUT2D eigenvalue weighted by Crippen LogP contribution is -2.03. The molecule has 2 heterocycles. The average Bonchev–Trinajstić information content (AvgIpc) is 2.99. The van der Waals surface area contributed by atoms with E-state index in [-0.39, 0.29) is 0 Å². The van der Waals surface area contributed by atoms with Gasteiger partial charge in [0.2, 0.25) is 0 Å². The van der Waals surface area contributed by atoms with Crippen molar-refractivity contribution < 1.29 is 0 Å². The van der Waals surface area contributed by atoms with Crippen LogP contribution in [0.5, 0.6) is 0 Å². The van der Waals surface area contributed by atoms with Gasteiger partial charge < -0.3 is 5.32 Å². The van der Waals surface area contributed by atoms with Gasteiger partial charge in [-0.3, -0.25) is 0 Å². The minimum atomic E-state index is 0.663. The number of nitrogens with one attached hydrogen (secondary N) is 1. The van der Waals surface area contributed by atoms with Gasteiger partial charge in [-0.05, 0) is 31.2 Å². The predicted octanol–water partition coefficient (Wildman–Crippen LogP) is 4.03. The first-order valence-corrected chi connectivity index (χ1v) is 7.79. The van der Waals surface area contributed by atoms with Crippen molar-refractivity contribution in [2.45, 2.75) is 6.92 Å². The predicted molar refractivity (Wildman–Crippen MR) is 92.9 cm³/mol. The summed E-state index contributed by atoms with van der Waals surface area (Å²) in [7, 11) is 0. The first-order valence-electron chi connectivity index (χ1n) is 7.42. The molecule has 4 rings (SSSR count). The number of para-hydroxylation sites is 1. The van der Waals surface area contributed by atoms with Crippen LogP contribution in [0.25, 0.3) is 27.8 Å². The summed E-state index contributed by atoms with van der Waals surface area (Å²) >= 11 is 6.10. The molecular formula is C17H14ClN5. The molecule has 1 N–H and O–H groups in total. The monoisotopic (exact) mass is 323 g/mol. The Kier molecular flexibility index (Phi) is 3.35. The second-order valence-electron chi connectivity index (χ2n) is 5.19. The highest BCUT2D eigenvalue weighted by Crippen LogP contribution is 2.28. The van der Waals surface area contributed by atoms with Crippen LogP contribution in [0.4, 0.5) is 5.82 Å². The lowest BCUT2D eigenvalue weighted by molar-refractivity contribution is 0.876. The molecule has 114 valence electrons. The number of fused-ring (bicyclic) bond motifs is 3. The zero-order valence-electron chi connectivity index (χ0n) is 12.5. The van der Waals surface area contributed by atoms with Crippen LogP contribution in [0, 0.1) is 0 Å². The van der Waals surface area contributed by atoms with E-state index in [1.165, 1.54) is 0 Å². The van der Waals surface area contributed by atoms with Crippen LogP contribution < -0.4 is 5.32 Å². The quantitative estimate of drug-likeness (QED) is 0.618. The Balaban J connectivity index is 2.05. The summed E-state index contributed by atoms with van der Waals surface area (Å²) in [6, 6.07) is 15.6. The molecule has 0 saturated carbocycles. The highest BCUT2D eigenvalue weighted by Gasteiger charge is 2.15. The van der Waals surface area contributed by atoms with Crippen molar-refractivity contribution >= 4 is 34.0 Å². The number of rotatable bonds is 3. The fraction of sp³-hybridized carbons (Fsp3) is 0.118. The van der Waals surface area contributed by atoms with Crippen LogP contribution in [0.3, 0.4) is 0 Å². The zero-order chi connectivity index (χ0) is 15.8. The van der Waals surface area contributed by atoms with Crippen molar-refractivity contribution in [2.75, 3.05) is 11.9 Å². The molecule has 0 aliphatic heterocycles. The number of anilines is 1. The Hall–Kier alpha value is -2.66. The zero-order valence-corrected chi connectivity index (χ0v) is 13.2.